The molecule has 0 atom stereocenters. The Balaban J connectivity index is 0.00000306. The minimum atomic E-state index is 0. The van der Waals surface area contributed by atoms with Crippen LogP contribution in [0.2, 0.25) is 0 Å². The highest BCUT2D eigenvalue weighted by molar-refractivity contribution is 5.97. The van der Waals surface area contributed by atoms with Crippen LogP contribution >= 0.6 is 12.4 Å². The molecule has 4 heteroatoms. The predicted octanol–water partition coefficient (Wildman–Crippen LogP) is 7.01. The van der Waals surface area contributed by atoms with Crippen LogP contribution in [0.1, 0.15) is 29.5 Å². The molecule has 4 aromatic rings. The fourth-order valence-corrected chi connectivity index (χ4v) is 4.40. The summed E-state index contributed by atoms with van der Waals surface area (Å²) in [6.45, 7) is 3.05. The van der Waals surface area contributed by atoms with E-state index in [0.29, 0.717) is 0 Å². The number of nitrogens with zero attached hydrogens (tertiary/aromatic N) is 2. The quantitative estimate of drug-likeness (QED) is 0.300. The van der Waals surface area contributed by atoms with E-state index in [1.165, 1.54) is 44.5 Å². The molecule has 0 aliphatic carbocycles. The second-order valence-electron chi connectivity index (χ2n) is 8.68. The Kier molecular flexibility index (Phi) is 7.88. The van der Waals surface area contributed by atoms with E-state index in [1.54, 1.807) is 0 Å². The molecule has 0 bridgehead atoms. The van der Waals surface area contributed by atoms with Crippen LogP contribution in [0.15, 0.2) is 84.9 Å². The second-order valence-corrected chi connectivity index (χ2v) is 8.68. The molecule has 3 nitrogen and oxygen atoms in total. The summed E-state index contributed by atoms with van der Waals surface area (Å²) >= 11 is 0. The van der Waals surface area contributed by atoms with Crippen molar-refractivity contribution in [3.8, 4) is 0 Å². The number of halogens is 1. The summed E-state index contributed by atoms with van der Waals surface area (Å²) < 4.78 is 0. The maximum Gasteiger partial charge on any atom is 0.0419 e. The molecule has 172 valence electrons. The lowest BCUT2D eigenvalue weighted by Gasteiger charge is -2.24. The summed E-state index contributed by atoms with van der Waals surface area (Å²) in [6.07, 6.45) is 0. The average molecular weight is 460 g/mol. The average Bonchev–Trinajstić information content (AvgIpc) is 2.81. The normalized spacial score (nSPS) is 10.7. The minimum absolute atomic E-state index is 0. The molecule has 0 aliphatic heterocycles. The van der Waals surface area contributed by atoms with Crippen LogP contribution < -0.4 is 15.1 Å². The SMILES string of the molecule is CCNc1ccc(C(c2ccc(N(C)C)cc2)c2ccc(N(C)C)cc2)c2ccccc12.Cl. The Morgan fingerprint density at radius 3 is 1.58 bits per heavy atom. The van der Waals surface area contributed by atoms with Gasteiger partial charge >= 0.3 is 0 Å². The zero-order chi connectivity index (χ0) is 22.7. The van der Waals surface area contributed by atoms with Gasteiger partial charge in [0.15, 0.2) is 0 Å². The third-order valence-electron chi connectivity index (χ3n) is 6.12. The Morgan fingerprint density at radius 2 is 1.12 bits per heavy atom. The fraction of sp³-hybridized carbons (Fsp3) is 0.241. The highest BCUT2D eigenvalue weighted by Crippen LogP contribution is 2.39. The molecule has 4 rings (SSSR count). The van der Waals surface area contributed by atoms with Gasteiger partial charge in [-0.1, -0.05) is 54.6 Å². The van der Waals surface area contributed by atoms with Gasteiger partial charge in [-0.15, -0.1) is 12.4 Å². The standard InChI is InChI=1S/C29H33N3.ClH/c1-6-30-28-20-19-27(25-9-7-8-10-26(25)28)29(21-11-15-23(16-12-21)31(2)3)22-13-17-24(18-14-22)32(4)5;/h7-20,29-30H,6H2,1-5H3;1H. The van der Waals surface area contributed by atoms with Gasteiger partial charge in [-0.05, 0) is 59.3 Å². The highest BCUT2D eigenvalue weighted by atomic mass is 35.5. The number of hydrogen-bond acceptors (Lipinski definition) is 3. The van der Waals surface area contributed by atoms with Crippen LogP contribution in [0.4, 0.5) is 17.1 Å². The maximum atomic E-state index is 3.53. The molecule has 4 aromatic carbocycles. The third kappa shape index (κ3) is 5.09. The van der Waals surface area contributed by atoms with Crippen molar-refractivity contribution in [1.82, 2.24) is 0 Å². The van der Waals surface area contributed by atoms with Gasteiger partial charge in [0.25, 0.3) is 0 Å². The number of anilines is 3. The Bertz CT molecular complexity index is 1130. The largest absolute Gasteiger partial charge is 0.385 e. The van der Waals surface area contributed by atoms with Crippen molar-refractivity contribution in [3.05, 3.63) is 102 Å². The first-order valence-electron chi connectivity index (χ1n) is 11.3. The molecular formula is C29H34ClN3. The lowest BCUT2D eigenvalue weighted by atomic mass is 9.82. The molecule has 0 amide bonds. The van der Waals surface area contributed by atoms with Crippen molar-refractivity contribution in [3.63, 3.8) is 0 Å². The van der Waals surface area contributed by atoms with E-state index in [0.717, 1.165) is 6.54 Å². The summed E-state index contributed by atoms with van der Waals surface area (Å²) in [5, 5.41) is 6.09. The van der Waals surface area contributed by atoms with Crippen LogP contribution in [0.3, 0.4) is 0 Å². The molecule has 0 aromatic heterocycles. The summed E-state index contributed by atoms with van der Waals surface area (Å²) in [5.74, 6) is 0.156. The van der Waals surface area contributed by atoms with E-state index in [1.807, 2.05) is 0 Å². The smallest absolute Gasteiger partial charge is 0.0419 e. The van der Waals surface area contributed by atoms with E-state index in [4.69, 9.17) is 0 Å². The van der Waals surface area contributed by atoms with Crippen molar-refractivity contribution in [2.75, 3.05) is 49.9 Å². The van der Waals surface area contributed by atoms with Crippen molar-refractivity contribution in [2.24, 2.45) is 0 Å². The highest BCUT2D eigenvalue weighted by Gasteiger charge is 2.20. The summed E-state index contributed by atoms with van der Waals surface area (Å²) in [5.41, 5.74) is 7.55. The van der Waals surface area contributed by atoms with E-state index < -0.39 is 0 Å². The van der Waals surface area contributed by atoms with Crippen LogP contribution in [-0.2, 0) is 0 Å². The Morgan fingerprint density at radius 1 is 0.636 bits per heavy atom. The van der Waals surface area contributed by atoms with E-state index >= 15 is 0 Å². The van der Waals surface area contributed by atoms with Crippen molar-refractivity contribution in [1.29, 1.82) is 0 Å². The predicted molar refractivity (Wildman–Crippen MR) is 148 cm³/mol. The van der Waals surface area contributed by atoms with Crippen LogP contribution in [-0.4, -0.2) is 34.7 Å². The first kappa shape index (κ1) is 24.5. The molecule has 0 spiro atoms. The fourth-order valence-electron chi connectivity index (χ4n) is 4.40. The van der Waals surface area contributed by atoms with Gasteiger partial charge in [-0.3, -0.25) is 0 Å². The summed E-state index contributed by atoms with van der Waals surface area (Å²) in [6, 6.07) is 31.2. The first-order chi connectivity index (χ1) is 15.5. The summed E-state index contributed by atoms with van der Waals surface area (Å²) in [4.78, 5) is 4.29. The second kappa shape index (κ2) is 10.6. The van der Waals surface area contributed by atoms with E-state index in [-0.39, 0.29) is 18.3 Å². The topological polar surface area (TPSA) is 18.5 Å². The van der Waals surface area contributed by atoms with Crippen molar-refractivity contribution >= 4 is 40.2 Å². The van der Waals surface area contributed by atoms with Crippen LogP contribution in [0.5, 0.6) is 0 Å². The van der Waals surface area contributed by atoms with Gasteiger partial charge in [-0.2, -0.15) is 0 Å². The number of benzene rings is 4. The van der Waals surface area contributed by atoms with Gasteiger partial charge < -0.3 is 15.1 Å². The van der Waals surface area contributed by atoms with Gasteiger partial charge in [0.05, 0.1) is 0 Å². The zero-order valence-corrected chi connectivity index (χ0v) is 21.0. The molecule has 1 N–H and O–H groups in total. The maximum absolute atomic E-state index is 3.53. The van der Waals surface area contributed by atoms with E-state index in [2.05, 4.69) is 135 Å². The summed E-state index contributed by atoms with van der Waals surface area (Å²) in [7, 11) is 8.33. The minimum Gasteiger partial charge on any atom is -0.385 e. The van der Waals surface area contributed by atoms with Gasteiger partial charge in [0.2, 0.25) is 0 Å². The molecular weight excluding hydrogens is 426 g/mol. The third-order valence-corrected chi connectivity index (χ3v) is 6.12. The molecule has 0 aliphatic rings. The Hall–Kier alpha value is -3.17. The number of nitrogens with one attached hydrogen (secondary N) is 1. The Labute approximate surface area is 204 Å². The first-order valence-corrected chi connectivity index (χ1v) is 11.3. The van der Waals surface area contributed by atoms with Crippen molar-refractivity contribution in [2.45, 2.75) is 12.8 Å². The molecule has 0 unspecified atom stereocenters. The monoisotopic (exact) mass is 459 g/mol. The molecule has 0 fully saturated rings. The number of rotatable bonds is 7. The molecule has 0 heterocycles. The van der Waals surface area contributed by atoms with Crippen LogP contribution in [0.25, 0.3) is 10.8 Å². The van der Waals surface area contributed by atoms with Crippen LogP contribution in [0, 0.1) is 0 Å². The lowest BCUT2D eigenvalue weighted by Crippen LogP contribution is -2.10. The van der Waals surface area contributed by atoms with E-state index in [9.17, 15) is 0 Å². The lowest BCUT2D eigenvalue weighted by molar-refractivity contribution is 0.984. The van der Waals surface area contributed by atoms with Gasteiger partial charge in [0.1, 0.15) is 0 Å². The molecule has 0 radical (unpaired) electrons. The molecule has 0 saturated carbocycles. The van der Waals surface area contributed by atoms with Gasteiger partial charge in [-0.25, -0.2) is 0 Å². The number of fused-ring (bicyclic) bond motifs is 1. The van der Waals surface area contributed by atoms with Crippen molar-refractivity contribution < 1.29 is 0 Å². The molecule has 33 heavy (non-hydrogen) atoms. The van der Waals surface area contributed by atoms with Gasteiger partial charge in [0, 0.05) is 63.1 Å². The number of hydrogen-bond donors (Lipinski definition) is 1. The molecule has 0 saturated heterocycles. The zero-order valence-electron chi connectivity index (χ0n) is 20.2.